The summed E-state index contributed by atoms with van der Waals surface area (Å²) in [5.74, 6) is -0.907. The number of hydrogen-bond donors (Lipinski definition) is 0. The van der Waals surface area contributed by atoms with Crippen LogP contribution < -0.4 is 5.01 Å². The Morgan fingerprint density at radius 3 is 2.48 bits per heavy atom. The van der Waals surface area contributed by atoms with E-state index in [2.05, 4.69) is 5.10 Å². The molecule has 0 N–H and O–H groups in total. The summed E-state index contributed by atoms with van der Waals surface area (Å²) in [5.41, 5.74) is 1.30. The van der Waals surface area contributed by atoms with Crippen LogP contribution in [0.2, 0.25) is 0 Å². The zero-order valence-electron chi connectivity index (χ0n) is 14.4. The third-order valence-corrected chi connectivity index (χ3v) is 3.89. The first-order chi connectivity index (χ1) is 12.2. The molecule has 8 heteroatoms. The van der Waals surface area contributed by atoms with Crippen molar-refractivity contribution in [1.82, 2.24) is 9.89 Å². The average molecular weight is 347 g/mol. The highest BCUT2D eigenvalue weighted by atomic mass is 16.5. The number of carbonyl (C=O) groups excluding carboxylic acids is 2. The van der Waals surface area contributed by atoms with E-state index < -0.39 is 11.9 Å². The van der Waals surface area contributed by atoms with Gasteiger partial charge in [0.1, 0.15) is 0 Å². The lowest BCUT2D eigenvalue weighted by Gasteiger charge is -2.29. The van der Waals surface area contributed by atoms with Gasteiger partial charge in [-0.25, -0.2) is 9.59 Å². The van der Waals surface area contributed by atoms with Crippen LogP contribution in [0.3, 0.4) is 0 Å². The number of aromatic nitrogens is 2. The molecule has 134 valence electrons. The Morgan fingerprint density at radius 2 is 1.80 bits per heavy atom. The van der Waals surface area contributed by atoms with E-state index >= 15 is 0 Å². The molecule has 8 nitrogen and oxygen atoms in total. The van der Waals surface area contributed by atoms with Crippen LogP contribution in [-0.4, -0.2) is 61.3 Å². The fourth-order valence-electron chi connectivity index (χ4n) is 2.75. The van der Waals surface area contributed by atoms with Crippen LogP contribution in [0.5, 0.6) is 0 Å². The van der Waals surface area contributed by atoms with Gasteiger partial charge in [0.05, 0.1) is 50.6 Å². The fraction of sp³-hybridized carbons (Fsp3) is 0.471. The number of carbonyl (C=O) groups is 2. The molecule has 0 aliphatic carbocycles. The second-order valence-electron chi connectivity index (χ2n) is 5.48. The molecule has 0 radical (unpaired) electrons. The van der Waals surface area contributed by atoms with Gasteiger partial charge in [-0.05, 0) is 32.0 Å². The molecule has 1 fully saturated rings. The predicted octanol–water partition coefficient (Wildman–Crippen LogP) is 1.36. The van der Waals surface area contributed by atoms with Crippen molar-refractivity contribution in [2.45, 2.75) is 13.8 Å². The topological polar surface area (TPSA) is 82.9 Å². The van der Waals surface area contributed by atoms with Gasteiger partial charge >= 0.3 is 11.9 Å². The number of morpholine rings is 1. The summed E-state index contributed by atoms with van der Waals surface area (Å²) in [5, 5.41) is 7.02. The van der Waals surface area contributed by atoms with E-state index in [1.54, 1.807) is 36.8 Å². The summed E-state index contributed by atoms with van der Waals surface area (Å²) in [4.78, 5) is 26.1. The normalized spacial score (nSPS) is 14.6. The molecule has 0 unspecified atom stereocenters. The lowest BCUT2D eigenvalue weighted by Crippen LogP contribution is -2.46. The third kappa shape index (κ3) is 3.43. The second kappa shape index (κ2) is 7.52. The predicted molar refractivity (Wildman–Crippen MR) is 90.4 cm³/mol. The summed E-state index contributed by atoms with van der Waals surface area (Å²) in [6.45, 7) is 6.40. The molecule has 0 amide bonds. The minimum atomic E-state index is -0.475. The Bertz CT molecular complexity index is 780. The largest absolute Gasteiger partial charge is 0.462 e. The van der Waals surface area contributed by atoms with E-state index in [1.807, 2.05) is 5.01 Å². The molecule has 1 aliphatic rings. The third-order valence-electron chi connectivity index (χ3n) is 3.89. The maximum Gasteiger partial charge on any atom is 0.359 e. The molecular formula is C17H21N3O5. The van der Waals surface area contributed by atoms with Crippen LogP contribution in [-0.2, 0) is 14.2 Å². The van der Waals surface area contributed by atoms with Crippen LogP contribution in [0, 0.1) is 0 Å². The standard InChI is InChI=1S/C17H21N3O5/c1-3-24-16(21)12-5-6-14-13(11-12)15(17(22)25-4-2)20(18-14)19-7-9-23-10-8-19/h5-6,11H,3-4,7-10H2,1-2H3. The number of nitrogens with zero attached hydrogens (tertiary/aromatic N) is 3. The number of ether oxygens (including phenoxy) is 3. The number of fused-ring (bicyclic) bond motifs is 1. The Morgan fingerprint density at radius 1 is 1.12 bits per heavy atom. The molecule has 2 aromatic rings. The van der Waals surface area contributed by atoms with Crippen molar-refractivity contribution >= 4 is 22.8 Å². The quantitative estimate of drug-likeness (QED) is 0.755. The van der Waals surface area contributed by atoms with Gasteiger partial charge in [-0.2, -0.15) is 9.89 Å². The van der Waals surface area contributed by atoms with Gasteiger partial charge in [0, 0.05) is 5.39 Å². The molecule has 1 aliphatic heterocycles. The Balaban J connectivity index is 2.09. The second-order valence-corrected chi connectivity index (χ2v) is 5.48. The van der Waals surface area contributed by atoms with Gasteiger partial charge in [0.25, 0.3) is 0 Å². The van der Waals surface area contributed by atoms with Crippen molar-refractivity contribution in [2.24, 2.45) is 0 Å². The maximum atomic E-state index is 12.5. The molecule has 2 heterocycles. The lowest BCUT2D eigenvalue weighted by atomic mass is 10.1. The van der Waals surface area contributed by atoms with E-state index in [1.165, 1.54) is 0 Å². The summed E-state index contributed by atoms with van der Waals surface area (Å²) >= 11 is 0. The number of rotatable bonds is 5. The van der Waals surface area contributed by atoms with E-state index in [0.29, 0.717) is 48.5 Å². The van der Waals surface area contributed by atoms with Gasteiger partial charge in [-0.15, -0.1) is 0 Å². The molecule has 0 atom stereocenters. The van der Waals surface area contributed by atoms with Crippen molar-refractivity contribution < 1.29 is 23.8 Å². The lowest BCUT2D eigenvalue weighted by molar-refractivity contribution is 0.0501. The molecule has 3 rings (SSSR count). The van der Waals surface area contributed by atoms with E-state index in [-0.39, 0.29) is 13.2 Å². The molecule has 25 heavy (non-hydrogen) atoms. The van der Waals surface area contributed by atoms with Crippen LogP contribution in [0.25, 0.3) is 10.9 Å². The van der Waals surface area contributed by atoms with Gasteiger partial charge in [0.2, 0.25) is 0 Å². The first-order valence-electron chi connectivity index (χ1n) is 8.35. The monoisotopic (exact) mass is 347 g/mol. The average Bonchev–Trinajstić information content (AvgIpc) is 3.01. The van der Waals surface area contributed by atoms with Crippen LogP contribution in [0.15, 0.2) is 18.2 Å². The molecule has 1 aromatic heterocycles. The summed E-state index contributed by atoms with van der Waals surface area (Å²) < 4.78 is 15.6. The SMILES string of the molecule is CCOC(=O)c1ccc2nn(N3CCOCC3)c(C(=O)OCC)c2c1. The molecule has 1 saturated heterocycles. The van der Waals surface area contributed by atoms with E-state index in [4.69, 9.17) is 14.2 Å². The van der Waals surface area contributed by atoms with Crippen molar-refractivity contribution in [3.05, 3.63) is 29.5 Å². The fourth-order valence-corrected chi connectivity index (χ4v) is 2.75. The van der Waals surface area contributed by atoms with Gasteiger partial charge in [0.15, 0.2) is 5.69 Å². The molecule has 0 saturated carbocycles. The van der Waals surface area contributed by atoms with Crippen molar-refractivity contribution in [2.75, 3.05) is 44.5 Å². The van der Waals surface area contributed by atoms with E-state index in [0.717, 1.165) is 0 Å². The summed E-state index contributed by atoms with van der Waals surface area (Å²) in [7, 11) is 0. The highest BCUT2D eigenvalue weighted by molar-refractivity contribution is 6.04. The minimum absolute atomic E-state index is 0.256. The van der Waals surface area contributed by atoms with Crippen molar-refractivity contribution in [1.29, 1.82) is 0 Å². The summed E-state index contributed by atoms with van der Waals surface area (Å²) in [6, 6.07) is 4.98. The van der Waals surface area contributed by atoms with Crippen LogP contribution in [0.1, 0.15) is 34.7 Å². The smallest absolute Gasteiger partial charge is 0.359 e. The Hall–Kier alpha value is -2.61. The summed E-state index contributed by atoms with van der Waals surface area (Å²) in [6.07, 6.45) is 0. The highest BCUT2D eigenvalue weighted by Gasteiger charge is 2.25. The number of esters is 2. The molecule has 0 spiro atoms. The van der Waals surface area contributed by atoms with Crippen LogP contribution >= 0.6 is 0 Å². The molecular weight excluding hydrogens is 326 g/mol. The van der Waals surface area contributed by atoms with Crippen molar-refractivity contribution in [3.8, 4) is 0 Å². The molecule has 0 bridgehead atoms. The highest BCUT2D eigenvalue weighted by Crippen LogP contribution is 2.22. The number of hydrogen-bond acceptors (Lipinski definition) is 7. The zero-order valence-corrected chi connectivity index (χ0v) is 14.4. The zero-order chi connectivity index (χ0) is 17.8. The van der Waals surface area contributed by atoms with Crippen LogP contribution in [0.4, 0.5) is 0 Å². The van der Waals surface area contributed by atoms with Crippen molar-refractivity contribution in [3.63, 3.8) is 0 Å². The maximum absolute atomic E-state index is 12.5. The van der Waals surface area contributed by atoms with Gasteiger partial charge < -0.3 is 14.2 Å². The van der Waals surface area contributed by atoms with Gasteiger partial charge in [-0.3, -0.25) is 5.01 Å². The first kappa shape index (κ1) is 17.2. The Labute approximate surface area is 145 Å². The minimum Gasteiger partial charge on any atom is -0.462 e. The molecule has 1 aromatic carbocycles. The number of benzene rings is 1. The van der Waals surface area contributed by atoms with E-state index in [9.17, 15) is 9.59 Å². The Kier molecular flexibility index (Phi) is 5.18. The van der Waals surface area contributed by atoms with Gasteiger partial charge in [-0.1, -0.05) is 0 Å². The first-order valence-corrected chi connectivity index (χ1v) is 8.35.